The summed E-state index contributed by atoms with van der Waals surface area (Å²) in [6.45, 7) is 1.99. The first-order valence-electron chi connectivity index (χ1n) is 6.21. The molecule has 0 amide bonds. The predicted molar refractivity (Wildman–Crippen MR) is 71.3 cm³/mol. The van der Waals surface area contributed by atoms with Gasteiger partial charge in [-0.3, -0.25) is 0 Å². The van der Waals surface area contributed by atoms with Crippen LogP contribution < -0.4 is 0 Å². The van der Waals surface area contributed by atoms with E-state index in [9.17, 15) is 9.90 Å². The van der Waals surface area contributed by atoms with E-state index in [2.05, 4.69) is 12.1 Å². The highest BCUT2D eigenvalue weighted by Crippen LogP contribution is 2.15. The van der Waals surface area contributed by atoms with Gasteiger partial charge >= 0.3 is 5.97 Å². The molecule has 0 heterocycles. The molecule has 18 heavy (non-hydrogen) atoms. The third-order valence-electron chi connectivity index (χ3n) is 3.03. The van der Waals surface area contributed by atoms with Gasteiger partial charge in [-0.25, -0.2) is 4.79 Å². The van der Waals surface area contributed by atoms with Gasteiger partial charge in [-0.1, -0.05) is 43.3 Å². The zero-order valence-electron chi connectivity index (χ0n) is 10.6. The fourth-order valence-electron chi connectivity index (χ4n) is 1.77. The van der Waals surface area contributed by atoms with E-state index in [1.54, 1.807) is 0 Å². The minimum atomic E-state index is -0.973. The molecular formula is C15H20O3. The number of carboxylic acid groups (broad SMARTS) is 1. The van der Waals surface area contributed by atoms with Crippen LogP contribution in [0.4, 0.5) is 0 Å². The number of aryl methyl sites for hydroxylation is 1. The molecule has 2 atom stereocenters. The average Bonchev–Trinajstić information content (AvgIpc) is 2.36. The quantitative estimate of drug-likeness (QED) is 0.729. The molecular weight excluding hydrogens is 228 g/mol. The Balaban J connectivity index is 2.31. The normalized spacial score (nSPS) is 14.6. The van der Waals surface area contributed by atoms with Crippen LogP contribution in [-0.4, -0.2) is 22.3 Å². The van der Waals surface area contributed by atoms with Crippen molar-refractivity contribution in [3.63, 3.8) is 0 Å². The van der Waals surface area contributed by atoms with Crippen molar-refractivity contribution in [2.45, 2.75) is 32.3 Å². The van der Waals surface area contributed by atoms with Crippen LogP contribution in [-0.2, 0) is 11.2 Å². The van der Waals surface area contributed by atoms with Gasteiger partial charge in [0, 0.05) is 6.08 Å². The van der Waals surface area contributed by atoms with E-state index in [0.717, 1.165) is 18.9 Å². The predicted octanol–water partition coefficient (Wildman–Crippen LogP) is 2.65. The summed E-state index contributed by atoms with van der Waals surface area (Å²) in [7, 11) is 0. The Morgan fingerprint density at radius 3 is 2.61 bits per heavy atom. The van der Waals surface area contributed by atoms with Crippen LogP contribution in [0.15, 0.2) is 42.5 Å². The Morgan fingerprint density at radius 2 is 2.00 bits per heavy atom. The molecule has 1 aromatic rings. The molecule has 0 saturated carbocycles. The third kappa shape index (κ3) is 5.64. The molecule has 0 bridgehead atoms. The molecule has 3 nitrogen and oxygen atoms in total. The molecule has 0 aliphatic carbocycles. The molecule has 98 valence electrons. The average molecular weight is 248 g/mol. The molecule has 0 radical (unpaired) electrons. The van der Waals surface area contributed by atoms with E-state index in [1.807, 2.05) is 25.1 Å². The smallest absolute Gasteiger partial charge is 0.327 e. The molecule has 1 rings (SSSR count). The lowest BCUT2D eigenvalue weighted by atomic mass is 9.94. The van der Waals surface area contributed by atoms with Crippen molar-refractivity contribution in [2.75, 3.05) is 0 Å². The summed E-state index contributed by atoms with van der Waals surface area (Å²) in [6, 6.07) is 10.1. The summed E-state index contributed by atoms with van der Waals surface area (Å²) < 4.78 is 0. The van der Waals surface area contributed by atoms with Crippen LogP contribution in [0.25, 0.3) is 0 Å². The SMILES string of the molecule is C[C@H](CCc1ccccc1)[C@@H](O)C/C=C/C(=O)O. The zero-order chi connectivity index (χ0) is 13.4. The van der Waals surface area contributed by atoms with Crippen LogP contribution in [0, 0.1) is 5.92 Å². The van der Waals surface area contributed by atoms with Gasteiger partial charge in [0.05, 0.1) is 6.10 Å². The summed E-state index contributed by atoms with van der Waals surface area (Å²) >= 11 is 0. The second-order valence-electron chi connectivity index (χ2n) is 4.55. The van der Waals surface area contributed by atoms with Crippen molar-refractivity contribution < 1.29 is 15.0 Å². The van der Waals surface area contributed by atoms with Crippen molar-refractivity contribution in [1.29, 1.82) is 0 Å². The van der Waals surface area contributed by atoms with Gasteiger partial charge in [-0.05, 0) is 30.7 Å². The fraction of sp³-hybridized carbons (Fsp3) is 0.400. The lowest BCUT2D eigenvalue weighted by Crippen LogP contribution is -2.17. The topological polar surface area (TPSA) is 57.5 Å². The number of carboxylic acids is 1. The van der Waals surface area contributed by atoms with Gasteiger partial charge in [-0.15, -0.1) is 0 Å². The maximum absolute atomic E-state index is 10.3. The van der Waals surface area contributed by atoms with Crippen molar-refractivity contribution in [2.24, 2.45) is 5.92 Å². The van der Waals surface area contributed by atoms with Crippen molar-refractivity contribution >= 4 is 5.97 Å². The van der Waals surface area contributed by atoms with E-state index in [4.69, 9.17) is 5.11 Å². The van der Waals surface area contributed by atoms with Crippen LogP contribution >= 0.6 is 0 Å². The maximum Gasteiger partial charge on any atom is 0.327 e. The van der Waals surface area contributed by atoms with E-state index < -0.39 is 12.1 Å². The first-order valence-corrected chi connectivity index (χ1v) is 6.21. The van der Waals surface area contributed by atoms with Crippen LogP contribution in [0.5, 0.6) is 0 Å². The van der Waals surface area contributed by atoms with Crippen molar-refractivity contribution in [3.05, 3.63) is 48.0 Å². The molecule has 0 aromatic heterocycles. The summed E-state index contributed by atoms with van der Waals surface area (Å²) in [5.41, 5.74) is 1.26. The minimum absolute atomic E-state index is 0.156. The second-order valence-corrected chi connectivity index (χ2v) is 4.55. The van der Waals surface area contributed by atoms with Crippen LogP contribution in [0.2, 0.25) is 0 Å². The highest BCUT2D eigenvalue weighted by atomic mass is 16.4. The Bertz CT molecular complexity index is 384. The Morgan fingerprint density at radius 1 is 1.33 bits per heavy atom. The number of aliphatic hydroxyl groups is 1. The Hall–Kier alpha value is -1.61. The number of hydrogen-bond acceptors (Lipinski definition) is 2. The number of hydrogen-bond donors (Lipinski definition) is 2. The van der Waals surface area contributed by atoms with Gasteiger partial charge in [0.15, 0.2) is 0 Å². The van der Waals surface area contributed by atoms with Crippen LogP contribution in [0.3, 0.4) is 0 Å². The highest BCUT2D eigenvalue weighted by Gasteiger charge is 2.12. The summed E-state index contributed by atoms with van der Waals surface area (Å²) in [5, 5.41) is 18.3. The van der Waals surface area contributed by atoms with Gasteiger partial charge in [0.1, 0.15) is 0 Å². The van der Waals surface area contributed by atoms with Crippen molar-refractivity contribution in [3.8, 4) is 0 Å². The highest BCUT2D eigenvalue weighted by molar-refractivity contribution is 5.79. The maximum atomic E-state index is 10.3. The third-order valence-corrected chi connectivity index (χ3v) is 3.03. The lowest BCUT2D eigenvalue weighted by molar-refractivity contribution is -0.131. The molecule has 1 aromatic carbocycles. The number of aliphatic carboxylic acids is 1. The molecule has 3 heteroatoms. The number of benzene rings is 1. The molecule has 2 N–H and O–H groups in total. The summed E-state index contributed by atoms with van der Waals surface area (Å²) in [5.74, 6) is -0.817. The first-order chi connectivity index (χ1) is 8.59. The van der Waals surface area contributed by atoms with Gasteiger partial charge in [0.25, 0.3) is 0 Å². The molecule has 0 aliphatic rings. The lowest BCUT2D eigenvalue weighted by Gasteiger charge is -2.17. The monoisotopic (exact) mass is 248 g/mol. The first kappa shape index (κ1) is 14.5. The molecule has 0 aliphatic heterocycles. The van der Waals surface area contributed by atoms with E-state index in [0.29, 0.717) is 6.42 Å². The summed E-state index contributed by atoms with van der Waals surface area (Å²) in [4.78, 5) is 10.3. The molecule has 0 unspecified atom stereocenters. The minimum Gasteiger partial charge on any atom is -0.478 e. The fourth-order valence-corrected chi connectivity index (χ4v) is 1.77. The van der Waals surface area contributed by atoms with E-state index >= 15 is 0 Å². The second kappa shape index (κ2) is 7.67. The molecule has 0 saturated heterocycles. The molecule has 0 spiro atoms. The zero-order valence-corrected chi connectivity index (χ0v) is 10.6. The standard InChI is InChI=1S/C15H20O3/c1-12(14(16)8-5-9-15(17)18)10-11-13-6-3-2-4-7-13/h2-7,9,12,14,16H,8,10-11H2,1H3,(H,17,18)/b9-5+/t12-,14+/m1/s1. The number of rotatable bonds is 7. The van der Waals surface area contributed by atoms with Gasteiger partial charge < -0.3 is 10.2 Å². The van der Waals surface area contributed by atoms with Crippen LogP contribution in [0.1, 0.15) is 25.3 Å². The van der Waals surface area contributed by atoms with Gasteiger partial charge in [-0.2, -0.15) is 0 Å². The summed E-state index contributed by atoms with van der Waals surface area (Å²) in [6.07, 6.45) is 4.32. The van der Waals surface area contributed by atoms with E-state index in [1.165, 1.54) is 11.6 Å². The largest absolute Gasteiger partial charge is 0.478 e. The Labute approximate surface area is 108 Å². The van der Waals surface area contributed by atoms with E-state index in [-0.39, 0.29) is 5.92 Å². The van der Waals surface area contributed by atoms with Crippen molar-refractivity contribution in [1.82, 2.24) is 0 Å². The molecule has 0 fully saturated rings. The Kier molecular flexibility index (Phi) is 6.15. The number of carbonyl (C=O) groups is 1. The number of aliphatic hydroxyl groups excluding tert-OH is 1. The van der Waals surface area contributed by atoms with Gasteiger partial charge in [0.2, 0.25) is 0 Å².